The van der Waals surface area contributed by atoms with Crippen LogP contribution in [0, 0.1) is 0 Å². The van der Waals surface area contributed by atoms with E-state index in [1.165, 1.54) is 193 Å². The molecular formula is C90H154NO8P. The summed E-state index contributed by atoms with van der Waals surface area (Å²) in [4.78, 5) is 38.2. The number of likely N-dealkylation sites (N-methyl/N-ethyl adjacent to an activating group) is 1. The van der Waals surface area contributed by atoms with Gasteiger partial charge in [0.25, 0.3) is 7.82 Å². The van der Waals surface area contributed by atoms with Gasteiger partial charge in [-0.05, 0) is 128 Å². The average molecular weight is 1410 g/mol. The van der Waals surface area contributed by atoms with Crippen molar-refractivity contribution in [3.05, 3.63) is 158 Å². The molecule has 10 heteroatoms. The lowest BCUT2D eigenvalue weighted by Gasteiger charge is -2.28. The van der Waals surface area contributed by atoms with Crippen LogP contribution in [-0.4, -0.2) is 70.0 Å². The van der Waals surface area contributed by atoms with Crippen LogP contribution in [0.1, 0.15) is 348 Å². The van der Waals surface area contributed by atoms with Gasteiger partial charge in [0.1, 0.15) is 19.8 Å². The number of carbonyl (C=O) groups excluding carboxylic acids is 2. The van der Waals surface area contributed by atoms with Crippen LogP contribution in [0.4, 0.5) is 0 Å². The Morgan fingerprint density at radius 3 is 0.850 bits per heavy atom. The highest BCUT2D eigenvalue weighted by Gasteiger charge is 2.22. The summed E-state index contributed by atoms with van der Waals surface area (Å²) < 4.78 is 34.4. The number of rotatable bonds is 75. The zero-order chi connectivity index (χ0) is 72.5. The molecule has 0 saturated carbocycles. The van der Waals surface area contributed by atoms with Gasteiger partial charge < -0.3 is 27.9 Å². The molecule has 0 aromatic heterocycles. The van der Waals surface area contributed by atoms with Crippen LogP contribution in [0.2, 0.25) is 0 Å². The Kier molecular flexibility index (Phi) is 75.3. The number of allylic oxidation sites excluding steroid dienone is 26. The molecule has 0 radical (unpaired) electrons. The molecule has 0 saturated heterocycles. The van der Waals surface area contributed by atoms with Gasteiger partial charge in [-0.1, -0.05) is 364 Å². The monoisotopic (exact) mass is 1410 g/mol. The predicted molar refractivity (Wildman–Crippen MR) is 434 cm³/mol. The zero-order valence-corrected chi connectivity index (χ0v) is 66.2. The standard InChI is InChI=1S/C90H154NO8P/c1-6-8-10-12-14-16-18-20-22-24-26-28-30-32-34-36-38-40-42-44-45-47-49-51-53-55-57-59-61-63-65-67-69-71-73-75-77-79-81-83-90(93)99-88(87-98-100(94,95)97-85-84-91(3,4)5)86-96-89(92)82-80-78-76-74-72-70-68-66-64-62-60-58-56-54-52-50-48-46-43-41-39-37-35-33-31-29-27-25-23-21-19-17-15-13-11-9-7-2/h8,10,14,16,19-22,25-28,31-34,38,40,44-45,49,51,55,57,61,63,88H,6-7,9,11-13,15,17-18,23-24,29-30,35-37,39,41-43,46-48,50,52-54,56,58-60,62,64-87H2,1-5H3/b10-8-,16-14-,21-19-,22-20-,27-25-,28-26-,33-31-,34-32-,40-38-,45-44-,51-49-,57-55-,63-61-. The van der Waals surface area contributed by atoms with E-state index < -0.39 is 26.5 Å². The van der Waals surface area contributed by atoms with Crippen LogP contribution >= 0.6 is 7.82 Å². The smallest absolute Gasteiger partial charge is 0.306 e. The summed E-state index contributed by atoms with van der Waals surface area (Å²) in [6.45, 7) is 4.13. The van der Waals surface area contributed by atoms with E-state index >= 15 is 0 Å². The van der Waals surface area contributed by atoms with E-state index in [0.29, 0.717) is 17.4 Å². The predicted octanol–water partition coefficient (Wildman–Crippen LogP) is 27.2. The molecule has 0 aromatic carbocycles. The minimum absolute atomic E-state index is 0.0382. The summed E-state index contributed by atoms with van der Waals surface area (Å²) in [7, 11) is 1.15. The Labute approximate surface area is 617 Å². The largest absolute Gasteiger partial charge is 0.756 e. The summed E-state index contributed by atoms with van der Waals surface area (Å²) in [6.07, 6.45) is 118. The van der Waals surface area contributed by atoms with E-state index in [1.54, 1.807) is 0 Å². The molecular weight excluding hydrogens is 1250 g/mol. The van der Waals surface area contributed by atoms with Crippen molar-refractivity contribution in [3.8, 4) is 0 Å². The van der Waals surface area contributed by atoms with E-state index in [9.17, 15) is 19.0 Å². The Bertz CT molecular complexity index is 2250. The summed E-state index contributed by atoms with van der Waals surface area (Å²) >= 11 is 0. The van der Waals surface area contributed by atoms with Crippen LogP contribution < -0.4 is 4.89 Å². The highest BCUT2D eigenvalue weighted by atomic mass is 31.2. The fraction of sp³-hybridized carbons (Fsp3) is 0.689. The van der Waals surface area contributed by atoms with Gasteiger partial charge in [0, 0.05) is 12.8 Å². The zero-order valence-electron chi connectivity index (χ0n) is 65.3. The molecule has 0 heterocycles. The van der Waals surface area contributed by atoms with Crippen LogP contribution in [0.15, 0.2) is 158 Å². The van der Waals surface area contributed by atoms with E-state index in [2.05, 4.69) is 172 Å². The molecule has 0 aromatic rings. The first kappa shape index (κ1) is 95.6. The third-order valence-corrected chi connectivity index (χ3v) is 18.5. The number of hydrogen-bond donors (Lipinski definition) is 0. The topological polar surface area (TPSA) is 111 Å². The lowest BCUT2D eigenvalue weighted by atomic mass is 10.0. The molecule has 100 heavy (non-hydrogen) atoms. The summed E-state index contributed by atoms with van der Waals surface area (Å²) in [5.74, 6) is -0.839. The Hall–Kier alpha value is -4.37. The van der Waals surface area contributed by atoms with Gasteiger partial charge in [0.2, 0.25) is 0 Å². The van der Waals surface area contributed by atoms with E-state index in [4.69, 9.17) is 18.5 Å². The molecule has 0 bridgehead atoms. The average Bonchev–Trinajstić information content (AvgIpc) is 1.07. The van der Waals surface area contributed by atoms with Crippen molar-refractivity contribution < 1.29 is 42.1 Å². The van der Waals surface area contributed by atoms with E-state index in [1.807, 2.05) is 21.1 Å². The van der Waals surface area contributed by atoms with Crippen molar-refractivity contribution in [2.45, 2.75) is 354 Å². The maximum Gasteiger partial charge on any atom is 0.306 e. The molecule has 2 atom stereocenters. The first-order valence-corrected chi connectivity index (χ1v) is 42.7. The Morgan fingerprint density at radius 1 is 0.320 bits per heavy atom. The van der Waals surface area contributed by atoms with Crippen LogP contribution in [0.25, 0.3) is 0 Å². The minimum Gasteiger partial charge on any atom is -0.756 e. The SMILES string of the molecule is CC/C=C\C/C=C\C/C=C\C/C=C\C/C=C\C/C=C\C/C=C\C/C=C\C/C=C\C/C=C\CCCCCCCCCCC(=O)OC(COC(=O)CCCCCCCCCCCCCCCCCCCCCCCC/C=C\C/C=C\C/C=C\CCCCCCC)COP(=O)([O-])OCC[N+](C)(C)C. The normalized spacial score (nSPS) is 13.9. The summed E-state index contributed by atoms with van der Waals surface area (Å²) in [5, 5.41) is 0. The molecule has 0 aliphatic rings. The second-order valence-corrected chi connectivity index (χ2v) is 29.8. The van der Waals surface area contributed by atoms with Gasteiger partial charge in [0.15, 0.2) is 6.10 Å². The highest BCUT2D eigenvalue weighted by molar-refractivity contribution is 7.45. The first-order chi connectivity index (χ1) is 49.0. The van der Waals surface area contributed by atoms with Gasteiger partial charge >= 0.3 is 11.9 Å². The number of esters is 2. The fourth-order valence-electron chi connectivity index (χ4n) is 11.3. The summed E-state index contributed by atoms with van der Waals surface area (Å²) in [6, 6.07) is 0. The highest BCUT2D eigenvalue weighted by Crippen LogP contribution is 2.38. The lowest BCUT2D eigenvalue weighted by Crippen LogP contribution is -2.37. The third-order valence-electron chi connectivity index (χ3n) is 17.5. The number of phosphoric ester groups is 1. The number of ether oxygens (including phenoxy) is 2. The van der Waals surface area contributed by atoms with Crippen LogP contribution in [0.5, 0.6) is 0 Å². The van der Waals surface area contributed by atoms with Crippen LogP contribution in [0.3, 0.4) is 0 Å². The fourth-order valence-corrected chi connectivity index (χ4v) is 12.0. The molecule has 0 fully saturated rings. The molecule has 572 valence electrons. The number of phosphoric acid groups is 1. The molecule has 9 nitrogen and oxygen atoms in total. The first-order valence-electron chi connectivity index (χ1n) is 41.2. The molecule has 0 N–H and O–H groups in total. The summed E-state index contributed by atoms with van der Waals surface area (Å²) in [5.41, 5.74) is 0. The maximum atomic E-state index is 12.9. The van der Waals surface area contributed by atoms with Gasteiger partial charge in [-0.15, -0.1) is 0 Å². The molecule has 0 rings (SSSR count). The minimum atomic E-state index is -4.66. The van der Waals surface area contributed by atoms with Crippen molar-refractivity contribution >= 4 is 19.8 Å². The molecule has 0 amide bonds. The second-order valence-electron chi connectivity index (χ2n) is 28.4. The van der Waals surface area contributed by atoms with Crippen molar-refractivity contribution in [3.63, 3.8) is 0 Å². The number of nitrogens with zero attached hydrogens (tertiary/aromatic N) is 1. The number of hydrogen-bond acceptors (Lipinski definition) is 8. The number of unbranched alkanes of at least 4 members (excludes halogenated alkanes) is 35. The van der Waals surface area contributed by atoms with Gasteiger partial charge in [-0.25, -0.2) is 0 Å². The number of quaternary nitrogens is 1. The molecule has 0 spiro atoms. The van der Waals surface area contributed by atoms with E-state index in [0.717, 1.165) is 122 Å². The Balaban J connectivity index is 4.02. The lowest BCUT2D eigenvalue weighted by molar-refractivity contribution is -0.870. The van der Waals surface area contributed by atoms with Crippen molar-refractivity contribution in [2.75, 3.05) is 47.5 Å². The molecule has 0 aliphatic carbocycles. The van der Waals surface area contributed by atoms with Gasteiger partial charge in [-0.2, -0.15) is 0 Å². The van der Waals surface area contributed by atoms with E-state index in [-0.39, 0.29) is 32.0 Å². The van der Waals surface area contributed by atoms with Gasteiger partial charge in [0.05, 0.1) is 27.7 Å². The van der Waals surface area contributed by atoms with Crippen molar-refractivity contribution in [1.29, 1.82) is 0 Å². The number of carbonyl (C=O) groups is 2. The van der Waals surface area contributed by atoms with Crippen molar-refractivity contribution in [2.24, 2.45) is 0 Å². The maximum absolute atomic E-state index is 12.9. The molecule has 2 unspecified atom stereocenters. The Morgan fingerprint density at radius 2 is 0.570 bits per heavy atom. The molecule has 0 aliphatic heterocycles. The van der Waals surface area contributed by atoms with Crippen molar-refractivity contribution in [1.82, 2.24) is 0 Å². The van der Waals surface area contributed by atoms with Gasteiger partial charge in [-0.3, -0.25) is 14.2 Å². The quantitative estimate of drug-likeness (QED) is 0.0195. The van der Waals surface area contributed by atoms with Crippen LogP contribution in [-0.2, 0) is 32.7 Å². The third kappa shape index (κ3) is 82.6. The second kappa shape index (κ2) is 78.8.